The number of aromatic nitrogens is 2. The molecule has 1 aliphatic heterocycles. The van der Waals surface area contributed by atoms with Crippen molar-refractivity contribution in [3.8, 4) is 6.07 Å². The number of rotatable bonds is 10. The molecule has 0 unspecified atom stereocenters. The highest BCUT2D eigenvalue weighted by Gasteiger charge is 2.33. The van der Waals surface area contributed by atoms with E-state index in [1.165, 1.54) is 12.1 Å². The summed E-state index contributed by atoms with van der Waals surface area (Å²) in [5, 5.41) is 23.5. The zero-order chi connectivity index (χ0) is 29.9. The van der Waals surface area contributed by atoms with Crippen LogP contribution < -0.4 is 5.32 Å². The van der Waals surface area contributed by atoms with Gasteiger partial charge in [-0.25, -0.2) is 13.8 Å². The Bertz CT molecular complexity index is 1500. The minimum atomic E-state index is -2.67. The first-order valence-electron chi connectivity index (χ1n) is 13.9. The van der Waals surface area contributed by atoms with Crippen LogP contribution in [0.25, 0.3) is 11.0 Å². The first kappa shape index (κ1) is 30.3. The van der Waals surface area contributed by atoms with Gasteiger partial charge in [0.2, 0.25) is 5.95 Å². The average Bonchev–Trinajstić information content (AvgIpc) is 3.70. The molecule has 8 nitrogen and oxygen atoms in total. The van der Waals surface area contributed by atoms with Gasteiger partial charge in [-0.2, -0.15) is 5.26 Å². The monoisotopic (exact) mass is 583 g/mol. The van der Waals surface area contributed by atoms with Crippen molar-refractivity contribution in [3.63, 3.8) is 0 Å². The molecule has 1 atom stereocenters. The van der Waals surface area contributed by atoms with E-state index >= 15 is 0 Å². The fourth-order valence-electron chi connectivity index (χ4n) is 5.26. The summed E-state index contributed by atoms with van der Waals surface area (Å²) in [4.78, 5) is 32.7. The minimum Gasteiger partial charge on any atom is -0.385 e. The van der Waals surface area contributed by atoms with Crippen molar-refractivity contribution in [2.45, 2.75) is 78.0 Å². The summed E-state index contributed by atoms with van der Waals surface area (Å²) >= 11 is 0.719. The molecule has 11 heteroatoms. The third kappa shape index (κ3) is 6.34. The Hall–Kier alpha value is -3.62. The van der Waals surface area contributed by atoms with Gasteiger partial charge in [0.1, 0.15) is 11.6 Å². The van der Waals surface area contributed by atoms with Crippen molar-refractivity contribution < 1.29 is 23.5 Å². The molecule has 2 amide bonds. The molecular formula is C30H35F2N5O3S. The van der Waals surface area contributed by atoms with Gasteiger partial charge >= 0.3 is 0 Å². The van der Waals surface area contributed by atoms with E-state index in [9.17, 15) is 28.7 Å². The van der Waals surface area contributed by atoms with Gasteiger partial charge in [-0.3, -0.25) is 14.9 Å². The second-order valence-corrected chi connectivity index (χ2v) is 11.8. The maximum atomic E-state index is 13.3. The number of benzene rings is 1. The van der Waals surface area contributed by atoms with Crippen LogP contribution in [-0.2, 0) is 16.9 Å². The number of amides is 2. The number of hydrogen-bond donors (Lipinski definition) is 2. The number of halogens is 2. The Morgan fingerprint density at radius 1 is 1.27 bits per heavy atom. The molecule has 0 spiro atoms. The SMILES string of the molecule is CCC(O)(CC)c1ccc2c(c1)nc(NC(=O)c1ccc(C(F)F)s1)n2C[C@H]1CCCN1C(=O)C(C#N)=CC(C)C. The van der Waals surface area contributed by atoms with Crippen LogP contribution in [-0.4, -0.2) is 44.0 Å². The van der Waals surface area contributed by atoms with Gasteiger partial charge in [0, 0.05) is 13.1 Å². The van der Waals surface area contributed by atoms with E-state index < -0.39 is 17.9 Å². The lowest BCUT2D eigenvalue weighted by atomic mass is 9.88. The van der Waals surface area contributed by atoms with Crippen molar-refractivity contribution in [2.24, 2.45) is 5.92 Å². The summed E-state index contributed by atoms with van der Waals surface area (Å²) in [5.41, 5.74) is 1.01. The molecule has 0 aliphatic carbocycles. The lowest BCUT2D eigenvalue weighted by Gasteiger charge is -2.26. The summed E-state index contributed by atoms with van der Waals surface area (Å²) < 4.78 is 28.1. The highest BCUT2D eigenvalue weighted by atomic mass is 32.1. The molecule has 218 valence electrons. The second kappa shape index (κ2) is 12.5. The third-order valence-corrected chi connectivity index (χ3v) is 8.72. The molecule has 3 aromatic rings. The zero-order valence-corrected chi connectivity index (χ0v) is 24.5. The zero-order valence-electron chi connectivity index (χ0n) is 23.7. The number of nitriles is 1. The van der Waals surface area contributed by atoms with Gasteiger partial charge in [0.05, 0.1) is 32.4 Å². The topological polar surface area (TPSA) is 111 Å². The average molecular weight is 584 g/mol. The van der Waals surface area contributed by atoms with Gasteiger partial charge < -0.3 is 14.6 Å². The number of hydrogen-bond acceptors (Lipinski definition) is 6. The van der Waals surface area contributed by atoms with Crippen LogP contribution in [0.4, 0.5) is 14.7 Å². The molecular weight excluding hydrogens is 548 g/mol. The molecule has 41 heavy (non-hydrogen) atoms. The van der Waals surface area contributed by atoms with Crippen LogP contribution in [0.1, 0.15) is 79.9 Å². The maximum absolute atomic E-state index is 13.3. The smallest absolute Gasteiger partial charge is 0.272 e. The van der Waals surface area contributed by atoms with Crippen LogP contribution >= 0.6 is 11.3 Å². The van der Waals surface area contributed by atoms with E-state index in [1.54, 1.807) is 17.0 Å². The quantitative estimate of drug-likeness (QED) is 0.212. The number of carbonyl (C=O) groups is 2. The molecule has 0 saturated carbocycles. The normalized spacial score (nSPS) is 16.1. The summed E-state index contributed by atoms with van der Waals surface area (Å²) in [7, 11) is 0. The molecule has 2 aromatic heterocycles. The molecule has 0 bridgehead atoms. The highest BCUT2D eigenvalue weighted by Crippen LogP contribution is 2.33. The van der Waals surface area contributed by atoms with Gasteiger partial charge in [-0.15, -0.1) is 11.3 Å². The highest BCUT2D eigenvalue weighted by molar-refractivity contribution is 7.14. The number of imidazole rings is 1. The lowest BCUT2D eigenvalue weighted by molar-refractivity contribution is -0.127. The molecule has 1 aliphatic rings. The number of thiophene rings is 1. The first-order chi connectivity index (χ1) is 19.5. The van der Waals surface area contributed by atoms with E-state index in [0.29, 0.717) is 48.9 Å². The van der Waals surface area contributed by atoms with E-state index in [1.807, 2.05) is 50.5 Å². The standard InChI is InChI=1S/C30H35F2N5O3S/c1-5-30(40,6-2)20-9-10-23-22(15-20)34-29(35-27(38)25-12-11-24(41-25)26(31)32)37(23)17-21-8-7-13-36(21)28(39)19(16-33)14-18(3)4/h9-12,14-15,18,21,26,40H,5-8,13,17H2,1-4H3,(H,34,35,38)/t21-/m1/s1. The largest absolute Gasteiger partial charge is 0.385 e. The number of allylic oxidation sites excluding steroid dienone is 1. The van der Waals surface area contributed by atoms with Crippen LogP contribution in [0.3, 0.4) is 0 Å². The minimum absolute atomic E-state index is 0.0379. The fraction of sp³-hybridized carbons (Fsp3) is 0.467. The first-order valence-corrected chi connectivity index (χ1v) is 14.7. The number of carbonyl (C=O) groups excluding carboxylic acids is 2. The Balaban J connectivity index is 1.73. The fourth-order valence-corrected chi connectivity index (χ4v) is 6.02. The van der Waals surface area contributed by atoms with E-state index in [0.717, 1.165) is 17.8 Å². The molecule has 4 rings (SSSR count). The number of alkyl halides is 2. The third-order valence-electron chi connectivity index (χ3n) is 7.63. The summed E-state index contributed by atoms with van der Waals surface area (Å²) in [6.07, 6.45) is 1.47. The van der Waals surface area contributed by atoms with E-state index in [4.69, 9.17) is 0 Å². The van der Waals surface area contributed by atoms with Gasteiger partial charge in [0.25, 0.3) is 18.2 Å². The predicted octanol–water partition coefficient (Wildman–Crippen LogP) is 6.39. The number of likely N-dealkylation sites (tertiary alicyclic amines) is 1. The molecule has 1 saturated heterocycles. The Morgan fingerprint density at radius 2 is 2.00 bits per heavy atom. The van der Waals surface area contributed by atoms with Crippen molar-refractivity contribution in [1.82, 2.24) is 14.5 Å². The number of nitrogens with zero attached hydrogens (tertiary/aromatic N) is 4. The number of nitrogens with one attached hydrogen (secondary N) is 1. The van der Waals surface area contributed by atoms with Crippen molar-refractivity contribution in [2.75, 3.05) is 11.9 Å². The Labute approximate surface area is 242 Å². The molecule has 1 fully saturated rings. The van der Waals surface area contributed by atoms with E-state index in [2.05, 4.69) is 10.3 Å². The number of fused-ring (bicyclic) bond motifs is 1. The number of anilines is 1. The van der Waals surface area contributed by atoms with Crippen molar-refractivity contribution >= 4 is 40.1 Å². The number of aliphatic hydroxyl groups is 1. The van der Waals surface area contributed by atoms with Crippen LogP contribution in [0, 0.1) is 17.2 Å². The van der Waals surface area contributed by atoms with E-state index in [-0.39, 0.29) is 39.1 Å². The molecule has 2 N–H and O–H groups in total. The van der Waals surface area contributed by atoms with Crippen LogP contribution in [0.5, 0.6) is 0 Å². The molecule has 0 radical (unpaired) electrons. The predicted molar refractivity (Wildman–Crippen MR) is 155 cm³/mol. The second-order valence-electron chi connectivity index (χ2n) is 10.7. The van der Waals surface area contributed by atoms with Crippen LogP contribution in [0.2, 0.25) is 0 Å². The summed E-state index contributed by atoms with van der Waals surface area (Å²) in [6, 6.07) is 9.84. The summed E-state index contributed by atoms with van der Waals surface area (Å²) in [5.74, 6) is -0.641. The Kier molecular flexibility index (Phi) is 9.24. The van der Waals surface area contributed by atoms with Gasteiger partial charge in [0.15, 0.2) is 0 Å². The molecule has 1 aromatic carbocycles. The maximum Gasteiger partial charge on any atom is 0.272 e. The molecule has 3 heterocycles. The summed E-state index contributed by atoms with van der Waals surface area (Å²) in [6.45, 7) is 8.43. The lowest BCUT2D eigenvalue weighted by Crippen LogP contribution is -2.39. The Morgan fingerprint density at radius 3 is 2.61 bits per heavy atom. The van der Waals surface area contributed by atoms with Crippen LogP contribution in [0.15, 0.2) is 42.0 Å². The van der Waals surface area contributed by atoms with Crippen molar-refractivity contribution in [3.05, 3.63) is 57.3 Å². The van der Waals surface area contributed by atoms with Gasteiger partial charge in [-0.05, 0) is 61.4 Å². The van der Waals surface area contributed by atoms with Crippen molar-refractivity contribution in [1.29, 1.82) is 5.26 Å². The van der Waals surface area contributed by atoms with Gasteiger partial charge in [-0.1, -0.05) is 39.8 Å².